The molecule has 1 aliphatic rings. The van der Waals surface area contributed by atoms with Crippen LogP contribution in [-0.2, 0) is 14.3 Å². The molecule has 7 atom stereocenters. The number of aliphatic hydroxyl groups is 5. The lowest BCUT2D eigenvalue weighted by Gasteiger charge is -2.40. The average Bonchev–Trinajstić information content (AvgIpc) is 3.65. The molecule has 7 unspecified atom stereocenters. The second-order valence-corrected chi connectivity index (χ2v) is 25.7. The second kappa shape index (κ2) is 65.6. The Morgan fingerprint density at radius 3 is 1.06 bits per heavy atom. The van der Waals surface area contributed by atoms with Crippen LogP contribution in [0.4, 0.5) is 0 Å². The van der Waals surface area contributed by atoms with Crippen LogP contribution in [0.3, 0.4) is 0 Å². The zero-order chi connectivity index (χ0) is 62.1. The molecule has 1 heterocycles. The van der Waals surface area contributed by atoms with E-state index in [1.54, 1.807) is 6.08 Å². The number of hydrogen-bond donors (Lipinski definition) is 6. The number of carbonyl (C=O) groups is 1. The van der Waals surface area contributed by atoms with Gasteiger partial charge in [0.25, 0.3) is 0 Å². The normalized spacial score (nSPS) is 18.4. The maximum atomic E-state index is 13.1. The summed E-state index contributed by atoms with van der Waals surface area (Å²) >= 11 is 0. The zero-order valence-corrected chi connectivity index (χ0v) is 56.3. The lowest BCUT2D eigenvalue weighted by Crippen LogP contribution is -2.60. The van der Waals surface area contributed by atoms with E-state index >= 15 is 0 Å². The van der Waals surface area contributed by atoms with Crippen LogP contribution in [0.15, 0.2) is 72.9 Å². The Morgan fingerprint density at radius 2 is 0.698 bits per heavy atom. The molecule has 0 aromatic rings. The Hall–Kier alpha value is -2.37. The predicted octanol–water partition coefficient (Wildman–Crippen LogP) is 20.7. The fourth-order valence-corrected chi connectivity index (χ4v) is 11.7. The van der Waals surface area contributed by atoms with E-state index in [0.717, 1.165) is 57.8 Å². The van der Waals surface area contributed by atoms with Crippen molar-refractivity contribution in [2.45, 2.75) is 397 Å². The Kier molecular flexibility index (Phi) is 62.3. The van der Waals surface area contributed by atoms with Crippen molar-refractivity contribution in [3.8, 4) is 0 Å². The standard InChI is InChI=1S/C77H141NO8/c1-3-5-7-9-11-13-15-17-19-21-23-25-27-29-31-33-34-35-36-37-38-39-41-43-45-47-49-51-53-55-57-59-61-63-65-67-73(81)78-70(69-85-77-76(84)75(83)74(82)72(68-79)86-77)71(80)66-64-62-60-58-56-54-52-50-48-46-44-42-40-32-30-28-26-24-22-20-18-16-14-12-10-8-6-4-2/h15,17,21,23,27,29,48,50,56,58,64,66,70-72,74-77,79-80,82-84H,3-14,16,18-20,22,24-26,28,30-47,49,51-55,57,59-63,65,67-69H2,1-2H3,(H,78,81)/b17-15-,23-21-,29-27-,50-48+,58-56+,66-64+. The van der Waals surface area contributed by atoms with E-state index in [2.05, 4.69) is 79.9 Å². The lowest BCUT2D eigenvalue weighted by molar-refractivity contribution is -0.302. The van der Waals surface area contributed by atoms with Gasteiger partial charge >= 0.3 is 0 Å². The summed E-state index contributed by atoms with van der Waals surface area (Å²) in [6.45, 7) is 3.79. The molecule has 6 N–H and O–H groups in total. The van der Waals surface area contributed by atoms with E-state index in [-0.39, 0.29) is 12.5 Å². The van der Waals surface area contributed by atoms with Crippen LogP contribution >= 0.6 is 0 Å². The van der Waals surface area contributed by atoms with Gasteiger partial charge in [0.1, 0.15) is 24.4 Å². The minimum Gasteiger partial charge on any atom is -0.394 e. The van der Waals surface area contributed by atoms with E-state index in [9.17, 15) is 30.3 Å². The highest BCUT2D eigenvalue weighted by Crippen LogP contribution is 2.23. The Labute approximate surface area is 531 Å². The molecule has 9 heteroatoms. The third-order valence-corrected chi connectivity index (χ3v) is 17.5. The summed E-state index contributed by atoms with van der Waals surface area (Å²) in [5.41, 5.74) is 0. The molecule has 86 heavy (non-hydrogen) atoms. The molecule has 1 aliphatic heterocycles. The fraction of sp³-hybridized carbons (Fsp3) is 0.831. The molecular weight excluding hydrogens is 1070 g/mol. The maximum Gasteiger partial charge on any atom is 0.220 e. The molecule has 0 spiro atoms. The van der Waals surface area contributed by atoms with Gasteiger partial charge < -0.3 is 40.3 Å². The van der Waals surface area contributed by atoms with E-state index in [4.69, 9.17) is 9.47 Å². The van der Waals surface area contributed by atoms with Crippen molar-refractivity contribution in [2.24, 2.45) is 0 Å². The summed E-state index contributed by atoms with van der Waals surface area (Å²) in [6, 6.07) is -0.832. The van der Waals surface area contributed by atoms with Gasteiger partial charge in [0, 0.05) is 6.42 Å². The number of hydrogen-bond acceptors (Lipinski definition) is 8. The molecule has 1 rings (SSSR count). The van der Waals surface area contributed by atoms with E-state index in [1.807, 2.05) is 6.08 Å². The Balaban J connectivity index is 2.13. The first-order valence-corrected chi connectivity index (χ1v) is 37.2. The molecule has 502 valence electrons. The van der Waals surface area contributed by atoms with Gasteiger partial charge in [-0.05, 0) is 83.5 Å². The summed E-state index contributed by atoms with van der Waals surface area (Å²) < 4.78 is 11.3. The third-order valence-electron chi connectivity index (χ3n) is 17.5. The van der Waals surface area contributed by atoms with Gasteiger partial charge in [-0.1, -0.05) is 337 Å². The van der Waals surface area contributed by atoms with Crippen LogP contribution in [0, 0.1) is 0 Å². The van der Waals surface area contributed by atoms with Crippen molar-refractivity contribution in [1.29, 1.82) is 0 Å². The van der Waals surface area contributed by atoms with Crippen molar-refractivity contribution < 1.29 is 39.8 Å². The zero-order valence-electron chi connectivity index (χ0n) is 56.3. The largest absolute Gasteiger partial charge is 0.394 e. The maximum absolute atomic E-state index is 13.1. The molecule has 0 aromatic heterocycles. The molecule has 0 aliphatic carbocycles. The Morgan fingerprint density at radius 1 is 0.395 bits per heavy atom. The smallest absolute Gasteiger partial charge is 0.220 e. The van der Waals surface area contributed by atoms with Crippen LogP contribution in [0.1, 0.15) is 354 Å². The van der Waals surface area contributed by atoms with E-state index < -0.39 is 49.5 Å². The van der Waals surface area contributed by atoms with Gasteiger partial charge in [-0.2, -0.15) is 0 Å². The predicted molar refractivity (Wildman–Crippen MR) is 369 cm³/mol. The van der Waals surface area contributed by atoms with Crippen molar-refractivity contribution in [3.05, 3.63) is 72.9 Å². The summed E-state index contributed by atoms with van der Waals surface area (Å²) in [4.78, 5) is 13.1. The van der Waals surface area contributed by atoms with Gasteiger partial charge in [-0.3, -0.25) is 4.79 Å². The molecular formula is C77H141NO8. The molecule has 0 saturated carbocycles. The van der Waals surface area contributed by atoms with Crippen molar-refractivity contribution in [1.82, 2.24) is 5.32 Å². The molecule has 1 fully saturated rings. The summed E-state index contributed by atoms with van der Waals surface area (Å²) in [5, 5.41) is 54.8. The van der Waals surface area contributed by atoms with Gasteiger partial charge in [0.2, 0.25) is 5.91 Å². The molecule has 9 nitrogen and oxygen atoms in total. The van der Waals surface area contributed by atoms with Gasteiger partial charge in [0.05, 0.1) is 25.4 Å². The summed E-state index contributed by atoms with van der Waals surface area (Å²) in [7, 11) is 0. The first-order valence-electron chi connectivity index (χ1n) is 37.2. The minimum absolute atomic E-state index is 0.186. The highest BCUT2D eigenvalue weighted by Gasteiger charge is 2.44. The van der Waals surface area contributed by atoms with Gasteiger partial charge in [-0.25, -0.2) is 0 Å². The highest BCUT2D eigenvalue weighted by molar-refractivity contribution is 5.76. The van der Waals surface area contributed by atoms with Crippen molar-refractivity contribution >= 4 is 5.91 Å². The van der Waals surface area contributed by atoms with Crippen molar-refractivity contribution in [3.63, 3.8) is 0 Å². The van der Waals surface area contributed by atoms with E-state index in [1.165, 1.54) is 276 Å². The number of allylic oxidation sites excluding steroid dienone is 11. The molecule has 1 amide bonds. The quantitative estimate of drug-likeness (QED) is 0.0261. The summed E-state index contributed by atoms with van der Waals surface area (Å²) in [6.07, 6.45) is 86.0. The minimum atomic E-state index is -1.58. The number of aliphatic hydroxyl groups excluding tert-OH is 5. The van der Waals surface area contributed by atoms with Gasteiger partial charge in [0.15, 0.2) is 6.29 Å². The third kappa shape index (κ3) is 53.5. The number of ether oxygens (including phenoxy) is 2. The first-order chi connectivity index (χ1) is 42.3. The number of rotatable bonds is 65. The fourth-order valence-electron chi connectivity index (χ4n) is 11.7. The first kappa shape index (κ1) is 81.6. The SMILES string of the molecule is CCCCCCC/C=C\C/C=C\C/C=C\CCCCCCCCCCCCCCCCCCCCCCC(=O)NC(COC1OC(CO)C(O)C(O)C1O)C(O)/C=C/CC/C=C/CC/C=C/CCCCCCCCCCCCCCCCCCCC. The number of carbonyl (C=O) groups excluding carboxylic acids is 1. The van der Waals surface area contributed by atoms with Crippen LogP contribution in [0.5, 0.6) is 0 Å². The second-order valence-electron chi connectivity index (χ2n) is 25.7. The van der Waals surface area contributed by atoms with Crippen LogP contribution < -0.4 is 5.32 Å². The van der Waals surface area contributed by atoms with Crippen LogP contribution in [0.25, 0.3) is 0 Å². The molecule has 0 aromatic carbocycles. The van der Waals surface area contributed by atoms with E-state index in [0.29, 0.717) is 6.42 Å². The molecule has 0 bridgehead atoms. The van der Waals surface area contributed by atoms with Crippen molar-refractivity contribution in [2.75, 3.05) is 13.2 Å². The topological polar surface area (TPSA) is 149 Å². The lowest BCUT2D eigenvalue weighted by atomic mass is 9.99. The molecule has 0 radical (unpaired) electrons. The highest BCUT2D eigenvalue weighted by atomic mass is 16.7. The van der Waals surface area contributed by atoms with Crippen LogP contribution in [-0.4, -0.2) is 87.5 Å². The summed E-state index contributed by atoms with van der Waals surface area (Å²) in [5.74, 6) is -0.186. The number of amides is 1. The number of nitrogens with one attached hydrogen (secondary N) is 1. The Bertz CT molecular complexity index is 1590. The average molecular weight is 1210 g/mol. The van der Waals surface area contributed by atoms with Gasteiger partial charge in [-0.15, -0.1) is 0 Å². The molecule has 1 saturated heterocycles. The van der Waals surface area contributed by atoms with Crippen LogP contribution in [0.2, 0.25) is 0 Å². The monoisotopic (exact) mass is 1210 g/mol. The number of unbranched alkanes of at least 4 members (excludes halogenated alkanes) is 45.